The fraction of sp³-hybridized carbons (Fsp3) is 0.355. The van der Waals surface area contributed by atoms with Crippen molar-refractivity contribution in [2.45, 2.75) is 19.4 Å². The summed E-state index contributed by atoms with van der Waals surface area (Å²) in [6.07, 6.45) is 0.559. The Labute approximate surface area is 218 Å². The second-order valence-electron chi connectivity index (χ2n) is 9.54. The number of benzene rings is 3. The maximum Gasteiger partial charge on any atom is 0.150 e. The average Bonchev–Trinajstić information content (AvgIpc) is 2.93. The number of ether oxygens (including phenoxy) is 4. The summed E-state index contributed by atoms with van der Waals surface area (Å²) in [5.41, 5.74) is 5.51. The van der Waals surface area contributed by atoms with Gasteiger partial charge in [-0.15, -0.1) is 0 Å². The smallest absolute Gasteiger partial charge is 0.150 e. The number of allylic oxidation sites excluding steroid dienone is 1. The normalized spacial score (nSPS) is 17.6. The van der Waals surface area contributed by atoms with Crippen LogP contribution >= 0.6 is 0 Å². The molecule has 1 atom stereocenters. The van der Waals surface area contributed by atoms with E-state index in [2.05, 4.69) is 42.2 Å². The Morgan fingerprint density at radius 1 is 0.919 bits per heavy atom. The van der Waals surface area contributed by atoms with Crippen LogP contribution in [0.15, 0.2) is 66.7 Å². The summed E-state index contributed by atoms with van der Waals surface area (Å²) in [6, 6.07) is 22.3. The summed E-state index contributed by atoms with van der Waals surface area (Å²) in [5.74, 6) is 3.46. The summed E-state index contributed by atoms with van der Waals surface area (Å²) in [6.45, 7) is 4.99. The number of fused-ring (bicyclic) bond motifs is 1. The number of methoxy groups -OCH3 is 2. The zero-order valence-corrected chi connectivity index (χ0v) is 21.7. The van der Waals surface area contributed by atoms with Crippen molar-refractivity contribution in [3.63, 3.8) is 0 Å². The minimum Gasteiger partial charge on any atom is -0.497 e. The molecule has 0 N–H and O–H groups in total. The lowest BCUT2D eigenvalue weighted by Crippen LogP contribution is -2.49. The highest BCUT2D eigenvalue weighted by Crippen LogP contribution is 2.49. The third-order valence-corrected chi connectivity index (χ3v) is 7.19. The van der Waals surface area contributed by atoms with Gasteiger partial charge in [0.1, 0.15) is 35.7 Å². The van der Waals surface area contributed by atoms with Crippen LogP contribution in [-0.2, 0) is 0 Å². The summed E-state index contributed by atoms with van der Waals surface area (Å²) < 4.78 is 36.3. The lowest BCUT2D eigenvalue weighted by Gasteiger charge is -2.37. The summed E-state index contributed by atoms with van der Waals surface area (Å²) in [5, 5.41) is 0. The summed E-state index contributed by atoms with van der Waals surface area (Å²) in [4.78, 5) is 2.22. The molecular formula is C31H34FNO4. The Morgan fingerprint density at radius 3 is 2.35 bits per heavy atom. The molecule has 1 fully saturated rings. The number of halogens is 1. The largest absolute Gasteiger partial charge is 0.497 e. The van der Waals surface area contributed by atoms with Gasteiger partial charge in [-0.1, -0.05) is 31.2 Å². The van der Waals surface area contributed by atoms with E-state index in [9.17, 15) is 4.39 Å². The highest BCUT2D eigenvalue weighted by molar-refractivity contribution is 5.96. The Kier molecular flexibility index (Phi) is 7.65. The fourth-order valence-corrected chi connectivity index (χ4v) is 5.18. The zero-order valence-electron chi connectivity index (χ0n) is 21.7. The van der Waals surface area contributed by atoms with E-state index < -0.39 is 0 Å². The Hall–Kier alpha value is -3.51. The van der Waals surface area contributed by atoms with Crippen LogP contribution < -0.4 is 18.9 Å². The van der Waals surface area contributed by atoms with Crippen molar-refractivity contribution in [3.8, 4) is 23.0 Å². The van der Waals surface area contributed by atoms with Crippen molar-refractivity contribution in [1.82, 2.24) is 4.90 Å². The van der Waals surface area contributed by atoms with Crippen LogP contribution in [0.1, 0.15) is 36.1 Å². The number of nitrogens with zero attached hydrogens (tertiary/aromatic N) is 1. The minimum atomic E-state index is -0.282. The first-order chi connectivity index (χ1) is 18.1. The van der Waals surface area contributed by atoms with Crippen molar-refractivity contribution >= 4 is 11.1 Å². The van der Waals surface area contributed by atoms with Crippen molar-refractivity contribution in [3.05, 3.63) is 83.4 Å². The molecule has 0 aliphatic carbocycles. The lowest BCUT2D eigenvalue weighted by atomic mass is 9.84. The van der Waals surface area contributed by atoms with Crippen LogP contribution in [0.4, 0.5) is 4.39 Å². The maximum atomic E-state index is 12.6. The van der Waals surface area contributed by atoms with Gasteiger partial charge in [-0.25, -0.2) is 0 Å². The molecular weight excluding hydrogens is 469 g/mol. The van der Waals surface area contributed by atoms with Crippen LogP contribution in [0.2, 0.25) is 0 Å². The number of alkyl halides is 1. The molecule has 5 nitrogen and oxygen atoms in total. The third kappa shape index (κ3) is 5.30. The molecule has 1 saturated heterocycles. The Balaban J connectivity index is 1.43. The number of hydrogen-bond acceptors (Lipinski definition) is 5. The van der Waals surface area contributed by atoms with Gasteiger partial charge in [0.05, 0.1) is 20.9 Å². The number of likely N-dealkylation sites (tertiary alicyclic amines) is 1. The van der Waals surface area contributed by atoms with Gasteiger partial charge in [0.25, 0.3) is 0 Å². The van der Waals surface area contributed by atoms with Crippen LogP contribution in [-0.4, -0.2) is 52.0 Å². The molecule has 0 amide bonds. The van der Waals surface area contributed by atoms with Crippen molar-refractivity contribution in [2.24, 2.45) is 5.92 Å². The molecule has 0 radical (unpaired) electrons. The zero-order chi connectivity index (χ0) is 25.8. The molecule has 37 heavy (non-hydrogen) atoms. The van der Waals surface area contributed by atoms with Gasteiger partial charge in [-0.05, 0) is 65.6 Å². The lowest BCUT2D eigenvalue weighted by molar-refractivity contribution is 0.0668. The molecule has 0 spiro atoms. The Morgan fingerprint density at radius 2 is 1.65 bits per heavy atom. The van der Waals surface area contributed by atoms with Gasteiger partial charge in [0.15, 0.2) is 0 Å². The predicted molar refractivity (Wildman–Crippen MR) is 144 cm³/mol. The Bertz CT molecular complexity index is 1250. The van der Waals surface area contributed by atoms with E-state index >= 15 is 0 Å². The highest BCUT2D eigenvalue weighted by atomic mass is 19.1. The van der Waals surface area contributed by atoms with Gasteiger partial charge >= 0.3 is 0 Å². The van der Waals surface area contributed by atoms with Gasteiger partial charge in [-0.2, -0.15) is 0 Å². The van der Waals surface area contributed by atoms with E-state index in [-0.39, 0.29) is 18.7 Å². The molecule has 6 heteroatoms. The van der Waals surface area contributed by atoms with Crippen LogP contribution in [0.5, 0.6) is 23.0 Å². The molecule has 0 bridgehead atoms. The predicted octanol–water partition coefficient (Wildman–Crippen LogP) is 6.44. The van der Waals surface area contributed by atoms with Crippen LogP contribution in [0.25, 0.3) is 11.1 Å². The number of rotatable bonds is 10. The summed E-state index contributed by atoms with van der Waals surface area (Å²) >= 11 is 0. The molecule has 0 aromatic heterocycles. The van der Waals surface area contributed by atoms with Gasteiger partial charge in [0, 0.05) is 36.7 Å². The molecule has 2 heterocycles. The third-order valence-electron chi connectivity index (χ3n) is 7.19. The van der Waals surface area contributed by atoms with Crippen LogP contribution in [0.3, 0.4) is 0 Å². The highest BCUT2D eigenvalue weighted by Gasteiger charge is 2.31. The molecule has 0 saturated carbocycles. The standard InChI is InChI=1S/C31H34FNO4/c1-4-27-28-17-26(35-3)12-13-29(28)37-31(30(27)23-6-5-7-25(16-23)34-2)22-8-10-24(11-9-22)36-15-14-33-19-21(18-32)20-33/h5-13,16-17,21,31H,4,14-15,18-20H2,1-3H3. The first kappa shape index (κ1) is 25.2. The van der Waals surface area contributed by atoms with Gasteiger partial charge in [-0.3, -0.25) is 9.29 Å². The molecule has 5 rings (SSSR count). The molecule has 1 unspecified atom stereocenters. The van der Waals surface area contributed by atoms with E-state index in [1.807, 2.05) is 36.4 Å². The van der Waals surface area contributed by atoms with Crippen molar-refractivity contribution in [1.29, 1.82) is 0 Å². The van der Waals surface area contributed by atoms with E-state index in [1.54, 1.807) is 14.2 Å². The molecule has 194 valence electrons. The van der Waals surface area contributed by atoms with E-state index in [0.29, 0.717) is 6.61 Å². The monoisotopic (exact) mass is 503 g/mol. The minimum absolute atomic E-state index is 0.195. The maximum absolute atomic E-state index is 12.6. The van der Waals surface area contributed by atoms with E-state index in [4.69, 9.17) is 18.9 Å². The second kappa shape index (κ2) is 11.3. The van der Waals surface area contributed by atoms with Crippen molar-refractivity contribution in [2.75, 3.05) is 47.1 Å². The van der Waals surface area contributed by atoms with Crippen LogP contribution in [0, 0.1) is 5.92 Å². The molecule has 3 aromatic rings. The topological polar surface area (TPSA) is 40.2 Å². The second-order valence-corrected chi connectivity index (χ2v) is 9.54. The average molecular weight is 504 g/mol. The SMILES string of the molecule is CCC1=C(c2cccc(OC)c2)C(c2ccc(OCCN3CC(CF)C3)cc2)Oc2ccc(OC)cc21. The van der Waals surface area contributed by atoms with E-state index in [0.717, 1.165) is 71.3 Å². The summed E-state index contributed by atoms with van der Waals surface area (Å²) in [7, 11) is 3.36. The van der Waals surface area contributed by atoms with E-state index in [1.165, 1.54) is 5.57 Å². The van der Waals surface area contributed by atoms with Gasteiger partial charge < -0.3 is 18.9 Å². The first-order valence-corrected chi connectivity index (χ1v) is 12.9. The van der Waals surface area contributed by atoms with Crippen molar-refractivity contribution < 1.29 is 23.3 Å². The fourth-order valence-electron chi connectivity index (χ4n) is 5.18. The first-order valence-electron chi connectivity index (χ1n) is 12.9. The number of hydrogen-bond donors (Lipinski definition) is 0. The van der Waals surface area contributed by atoms with Gasteiger partial charge in [0.2, 0.25) is 0 Å². The quantitative estimate of drug-likeness (QED) is 0.319. The molecule has 2 aliphatic rings. The molecule has 3 aromatic carbocycles. The molecule has 2 aliphatic heterocycles.